The Morgan fingerprint density at radius 3 is 2.79 bits per heavy atom. The van der Waals surface area contributed by atoms with Crippen LogP contribution in [0.4, 0.5) is 0 Å². The Kier molecular flexibility index (Phi) is 7.25. The quantitative estimate of drug-likeness (QED) is 0.592. The van der Waals surface area contributed by atoms with Gasteiger partial charge >= 0.3 is 0 Å². The third-order valence-corrected chi connectivity index (χ3v) is 4.78. The summed E-state index contributed by atoms with van der Waals surface area (Å²) in [6.45, 7) is 10.9. The smallest absolute Gasteiger partial charge is 0.191 e. The summed E-state index contributed by atoms with van der Waals surface area (Å²) in [4.78, 5) is 9.34. The molecule has 1 aromatic carbocycles. The molecule has 4 nitrogen and oxygen atoms in total. The molecule has 5 heteroatoms. The number of aliphatic imine (C=N–C) groups is 1. The number of nitrogens with zero attached hydrogens (tertiary/aromatic N) is 2. The van der Waals surface area contributed by atoms with Crippen LogP contribution in [0.15, 0.2) is 34.6 Å². The molecule has 2 rings (SSSR count). The van der Waals surface area contributed by atoms with Gasteiger partial charge in [-0.25, -0.2) is 9.98 Å². The molecule has 0 aliphatic rings. The second kappa shape index (κ2) is 9.42. The first kappa shape index (κ1) is 18.5. The van der Waals surface area contributed by atoms with Crippen LogP contribution in [0, 0.1) is 6.92 Å². The highest BCUT2D eigenvalue weighted by molar-refractivity contribution is 7.09. The third-order valence-electron chi connectivity index (χ3n) is 3.58. The maximum Gasteiger partial charge on any atom is 0.191 e. The SMILES string of the molecule is CCNC(=NCc1cccc(C)c1)NCCc1csc(C(C)C)n1. The zero-order valence-electron chi connectivity index (χ0n) is 15.1. The van der Waals surface area contributed by atoms with E-state index in [2.05, 4.69) is 78.0 Å². The largest absolute Gasteiger partial charge is 0.357 e. The van der Waals surface area contributed by atoms with Gasteiger partial charge in [0.2, 0.25) is 0 Å². The topological polar surface area (TPSA) is 49.3 Å². The zero-order chi connectivity index (χ0) is 17.4. The summed E-state index contributed by atoms with van der Waals surface area (Å²) in [5, 5.41) is 10.1. The minimum atomic E-state index is 0.505. The molecule has 0 unspecified atom stereocenters. The number of rotatable bonds is 7. The fourth-order valence-electron chi connectivity index (χ4n) is 2.33. The molecule has 0 amide bonds. The fourth-order valence-corrected chi connectivity index (χ4v) is 3.20. The van der Waals surface area contributed by atoms with E-state index in [0.717, 1.165) is 31.2 Å². The Morgan fingerprint density at radius 1 is 1.29 bits per heavy atom. The van der Waals surface area contributed by atoms with Crippen LogP contribution < -0.4 is 10.6 Å². The molecule has 130 valence electrons. The molecule has 0 fully saturated rings. The summed E-state index contributed by atoms with van der Waals surface area (Å²) in [6, 6.07) is 8.48. The fraction of sp³-hybridized carbons (Fsp3) is 0.474. The second-order valence-electron chi connectivity index (χ2n) is 6.19. The van der Waals surface area contributed by atoms with E-state index in [-0.39, 0.29) is 0 Å². The molecule has 0 saturated heterocycles. The van der Waals surface area contributed by atoms with Crippen molar-refractivity contribution < 1.29 is 0 Å². The van der Waals surface area contributed by atoms with Crippen molar-refractivity contribution in [2.75, 3.05) is 13.1 Å². The molecule has 1 heterocycles. The van der Waals surface area contributed by atoms with Crippen LogP contribution in [0.25, 0.3) is 0 Å². The number of aryl methyl sites for hydroxylation is 1. The number of aromatic nitrogens is 1. The van der Waals surface area contributed by atoms with Gasteiger partial charge in [0.1, 0.15) is 0 Å². The molecule has 0 atom stereocenters. The van der Waals surface area contributed by atoms with E-state index in [0.29, 0.717) is 12.5 Å². The predicted molar refractivity (Wildman–Crippen MR) is 104 cm³/mol. The lowest BCUT2D eigenvalue weighted by Gasteiger charge is -2.11. The van der Waals surface area contributed by atoms with Crippen molar-refractivity contribution in [2.24, 2.45) is 4.99 Å². The second-order valence-corrected chi connectivity index (χ2v) is 7.08. The van der Waals surface area contributed by atoms with Crippen molar-refractivity contribution in [3.05, 3.63) is 51.5 Å². The summed E-state index contributed by atoms with van der Waals surface area (Å²) >= 11 is 1.75. The van der Waals surface area contributed by atoms with Crippen molar-refractivity contribution in [1.82, 2.24) is 15.6 Å². The van der Waals surface area contributed by atoms with E-state index >= 15 is 0 Å². The minimum absolute atomic E-state index is 0.505. The summed E-state index contributed by atoms with van der Waals surface area (Å²) < 4.78 is 0. The summed E-state index contributed by atoms with van der Waals surface area (Å²) in [7, 11) is 0. The van der Waals surface area contributed by atoms with Crippen LogP contribution in [0.1, 0.15) is 48.5 Å². The van der Waals surface area contributed by atoms with Crippen molar-refractivity contribution >= 4 is 17.3 Å². The lowest BCUT2D eigenvalue weighted by Crippen LogP contribution is -2.38. The molecular weight excluding hydrogens is 316 g/mol. The highest BCUT2D eigenvalue weighted by Crippen LogP contribution is 2.19. The van der Waals surface area contributed by atoms with Gasteiger partial charge in [-0.15, -0.1) is 11.3 Å². The number of hydrogen-bond acceptors (Lipinski definition) is 3. The van der Waals surface area contributed by atoms with Crippen LogP contribution in [-0.4, -0.2) is 24.0 Å². The molecule has 0 radical (unpaired) electrons. The Hall–Kier alpha value is -1.88. The minimum Gasteiger partial charge on any atom is -0.357 e. The highest BCUT2D eigenvalue weighted by Gasteiger charge is 2.06. The lowest BCUT2D eigenvalue weighted by atomic mass is 10.1. The van der Waals surface area contributed by atoms with Gasteiger partial charge in [-0.2, -0.15) is 0 Å². The summed E-state index contributed by atoms with van der Waals surface area (Å²) in [5.74, 6) is 1.36. The number of guanidine groups is 1. The molecule has 0 spiro atoms. The summed E-state index contributed by atoms with van der Waals surface area (Å²) in [6.07, 6.45) is 0.915. The van der Waals surface area contributed by atoms with Gasteiger partial charge in [-0.3, -0.25) is 0 Å². The van der Waals surface area contributed by atoms with E-state index in [4.69, 9.17) is 0 Å². The molecule has 2 N–H and O–H groups in total. The predicted octanol–water partition coefficient (Wildman–Crippen LogP) is 3.87. The standard InChI is InChI=1S/C19H28N4S/c1-5-20-19(22-12-16-8-6-7-15(4)11-16)21-10-9-17-13-24-18(23-17)14(2)3/h6-8,11,13-14H,5,9-10,12H2,1-4H3,(H2,20,21,22). The van der Waals surface area contributed by atoms with Gasteiger partial charge in [-0.05, 0) is 19.4 Å². The van der Waals surface area contributed by atoms with Crippen molar-refractivity contribution in [2.45, 2.75) is 46.6 Å². The lowest BCUT2D eigenvalue weighted by molar-refractivity contribution is 0.780. The van der Waals surface area contributed by atoms with E-state index in [1.165, 1.54) is 16.1 Å². The van der Waals surface area contributed by atoms with Crippen LogP contribution in [-0.2, 0) is 13.0 Å². The molecule has 0 aliphatic heterocycles. The first-order valence-corrected chi connectivity index (χ1v) is 9.48. The van der Waals surface area contributed by atoms with Gasteiger partial charge in [0.05, 0.1) is 17.2 Å². The van der Waals surface area contributed by atoms with Gasteiger partial charge < -0.3 is 10.6 Å². The average Bonchev–Trinajstić information content (AvgIpc) is 3.02. The Morgan fingerprint density at radius 2 is 2.12 bits per heavy atom. The van der Waals surface area contributed by atoms with Crippen molar-refractivity contribution in [1.29, 1.82) is 0 Å². The first-order chi connectivity index (χ1) is 11.6. The molecule has 0 saturated carbocycles. The number of nitrogens with one attached hydrogen (secondary N) is 2. The van der Waals surface area contributed by atoms with Crippen molar-refractivity contribution in [3.63, 3.8) is 0 Å². The molecular formula is C19H28N4S. The molecule has 0 aliphatic carbocycles. The normalized spacial score (nSPS) is 11.8. The van der Waals surface area contributed by atoms with Crippen LogP contribution in [0.2, 0.25) is 0 Å². The van der Waals surface area contributed by atoms with Crippen LogP contribution in [0.5, 0.6) is 0 Å². The van der Waals surface area contributed by atoms with Gasteiger partial charge in [0.25, 0.3) is 0 Å². The van der Waals surface area contributed by atoms with Gasteiger partial charge in [0.15, 0.2) is 5.96 Å². The Bertz CT molecular complexity index is 661. The molecule has 2 aromatic rings. The van der Waals surface area contributed by atoms with Crippen molar-refractivity contribution in [3.8, 4) is 0 Å². The molecule has 0 bridgehead atoms. The maximum atomic E-state index is 4.67. The van der Waals surface area contributed by atoms with E-state index in [1.54, 1.807) is 11.3 Å². The maximum absolute atomic E-state index is 4.67. The van der Waals surface area contributed by atoms with Gasteiger partial charge in [0, 0.05) is 30.8 Å². The average molecular weight is 345 g/mol. The number of thiazole rings is 1. The monoisotopic (exact) mass is 344 g/mol. The highest BCUT2D eigenvalue weighted by atomic mass is 32.1. The number of hydrogen-bond donors (Lipinski definition) is 2. The molecule has 24 heavy (non-hydrogen) atoms. The van der Waals surface area contributed by atoms with Crippen LogP contribution in [0.3, 0.4) is 0 Å². The molecule has 1 aromatic heterocycles. The third kappa shape index (κ3) is 5.96. The van der Waals surface area contributed by atoms with Gasteiger partial charge in [-0.1, -0.05) is 43.7 Å². The first-order valence-electron chi connectivity index (χ1n) is 8.60. The van der Waals surface area contributed by atoms with E-state index in [1.807, 2.05) is 0 Å². The van der Waals surface area contributed by atoms with Crippen LogP contribution >= 0.6 is 11.3 Å². The number of benzene rings is 1. The zero-order valence-corrected chi connectivity index (χ0v) is 15.9. The van der Waals surface area contributed by atoms with E-state index in [9.17, 15) is 0 Å². The Balaban J connectivity index is 1.86. The summed E-state index contributed by atoms with van der Waals surface area (Å²) in [5.41, 5.74) is 3.66. The Labute approximate surface area is 149 Å². The van der Waals surface area contributed by atoms with E-state index < -0.39 is 0 Å².